The maximum Gasteiger partial charge on any atom is 0.374 e. The Kier molecular flexibility index (Phi) is 5.78. The van der Waals surface area contributed by atoms with Gasteiger partial charge in [0, 0.05) is 15.6 Å². The number of amides is 1. The van der Waals surface area contributed by atoms with Crippen molar-refractivity contribution in [2.75, 3.05) is 13.7 Å². The minimum Gasteiger partial charge on any atom is -0.463 e. The molecule has 0 radical (unpaired) electrons. The molecule has 27 heavy (non-hydrogen) atoms. The first-order valence-electron chi connectivity index (χ1n) is 7.76. The summed E-state index contributed by atoms with van der Waals surface area (Å²) in [6, 6.07) is 8.87. The SMILES string of the molecule is COC(=O)c1occc1COC(=O)CNC(=O)c1sc2ccccc2c1Cl. The molecule has 0 aliphatic rings. The molecule has 0 aliphatic heterocycles. The van der Waals surface area contributed by atoms with Crippen molar-refractivity contribution in [3.8, 4) is 0 Å². The Hall–Kier alpha value is -2.84. The number of ether oxygens (including phenoxy) is 2. The highest BCUT2D eigenvalue weighted by atomic mass is 35.5. The summed E-state index contributed by atoms with van der Waals surface area (Å²) < 4.78 is 15.5. The van der Waals surface area contributed by atoms with Gasteiger partial charge in [-0.25, -0.2) is 4.79 Å². The van der Waals surface area contributed by atoms with Crippen LogP contribution in [0.1, 0.15) is 25.8 Å². The molecule has 0 unspecified atom stereocenters. The van der Waals surface area contributed by atoms with Crippen molar-refractivity contribution in [1.29, 1.82) is 0 Å². The first-order valence-corrected chi connectivity index (χ1v) is 8.96. The summed E-state index contributed by atoms with van der Waals surface area (Å²) in [6.07, 6.45) is 1.29. The van der Waals surface area contributed by atoms with E-state index in [0.29, 0.717) is 15.5 Å². The Morgan fingerprint density at radius 2 is 2.00 bits per heavy atom. The third-order valence-electron chi connectivity index (χ3n) is 3.64. The number of nitrogens with one attached hydrogen (secondary N) is 1. The van der Waals surface area contributed by atoms with Gasteiger partial charge in [-0.05, 0) is 12.1 Å². The van der Waals surface area contributed by atoms with Crippen molar-refractivity contribution < 1.29 is 28.3 Å². The van der Waals surface area contributed by atoms with Gasteiger partial charge in [0.25, 0.3) is 5.91 Å². The summed E-state index contributed by atoms with van der Waals surface area (Å²) in [7, 11) is 1.22. The first-order chi connectivity index (χ1) is 13.0. The maximum absolute atomic E-state index is 12.3. The van der Waals surface area contributed by atoms with Crippen LogP contribution in [0, 0.1) is 0 Å². The van der Waals surface area contributed by atoms with Gasteiger partial charge in [-0.3, -0.25) is 9.59 Å². The second-order valence-electron chi connectivity index (χ2n) is 5.35. The predicted molar refractivity (Wildman–Crippen MR) is 99.0 cm³/mol. The van der Waals surface area contributed by atoms with E-state index in [1.165, 1.54) is 30.8 Å². The van der Waals surface area contributed by atoms with Gasteiger partial charge < -0.3 is 19.2 Å². The average molecular weight is 408 g/mol. The zero-order chi connectivity index (χ0) is 19.4. The number of hydrogen-bond donors (Lipinski definition) is 1. The van der Waals surface area contributed by atoms with E-state index in [1.54, 1.807) is 0 Å². The van der Waals surface area contributed by atoms with Gasteiger partial charge >= 0.3 is 11.9 Å². The van der Waals surface area contributed by atoms with Gasteiger partial charge in [-0.15, -0.1) is 11.3 Å². The monoisotopic (exact) mass is 407 g/mol. The van der Waals surface area contributed by atoms with E-state index in [2.05, 4.69) is 10.1 Å². The van der Waals surface area contributed by atoms with Crippen molar-refractivity contribution in [3.63, 3.8) is 0 Å². The number of benzene rings is 1. The van der Waals surface area contributed by atoms with E-state index in [-0.39, 0.29) is 18.9 Å². The summed E-state index contributed by atoms with van der Waals surface area (Å²) >= 11 is 7.48. The van der Waals surface area contributed by atoms with E-state index in [0.717, 1.165) is 10.1 Å². The average Bonchev–Trinajstić information content (AvgIpc) is 3.29. The number of furan rings is 1. The second kappa shape index (κ2) is 8.24. The molecule has 2 heterocycles. The van der Waals surface area contributed by atoms with Gasteiger partial charge in [0.15, 0.2) is 0 Å². The van der Waals surface area contributed by atoms with Crippen molar-refractivity contribution in [1.82, 2.24) is 5.32 Å². The highest BCUT2D eigenvalue weighted by molar-refractivity contribution is 7.21. The Labute approximate surface area is 162 Å². The number of esters is 2. The molecule has 0 saturated carbocycles. The molecule has 0 aliphatic carbocycles. The molecule has 0 spiro atoms. The number of carbonyl (C=O) groups excluding carboxylic acids is 3. The van der Waals surface area contributed by atoms with Crippen LogP contribution in [0.15, 0.2) is 41.0 Å². The third kappa shape index (κ3) is 4.12. The van der Waals surface area contributed by atoms with Crippen LogP contribution in [0.4, 0.5) is 0 Å². The molecule has 0 fully saturated rings. The molecule has 7 nitrogen and oxygen atoms in total. The summed E-state index contributed by atoms with van der Waals surface area (Å²) in [4.78, 5) is 36.0. The normalized spacial score (nSPS) is 10.6. The van der Waals surface area contributed by atoms with Crippen LogP contribution in [0.2, 0.25) is 5.02 Å². The molecule has 0 bridgehead atoms. The number of hydrogen-bond acceptors (Lipinski definition) is 7. The van der Waals surface area contributed by atoms with Crippen LogP contribution in [-0.2, 0) is 20.9 Å². The number of fused-ring (bicyclic) bond motifs is 1. The zero-order valence-corrected chi connectivity index (χ0v) is 15.7. The molecule has 3 aromatic rings. The summed E-state index contributed by atoms with van der Waals surface area (Å²) in [5.41, 5.74) is 0.370. The number of rotatable bonds is 6. The van der Waals surface area contributed by atoms with E-state index in [1.807, 2.05) is 24.3 Å². The van der Waals surface area contributed by atoms with E-state index in [9.17, 15) is 14.4 Å². The fourth-order valence-electron chi connectivity index (χ4n) is 2.32. The third-order valence-corrected chi connectivity index (χ3v) is 5.31. The molecule has 3 rings (SSSR count). The Morgan fingerprint density at radius 1 is 1.22 bits per heavy atom. The highest BCUT2D eigenvalue weighted by Gasteiger charge is 2.19. The lowest BCUT2D eigenvalue weighted by atomic mass is 10.2. The standard InChI is InChI=1S/C18H14ClNO6S/c1-24-18(23)15-10(6-7-25-15)9-26-13(21)8-20-17(22)16-14(19)11-4-2-3-5-12(11)27-16/h2-7H,8-9H2,1H3,(H,20,22). The molecule has 0 atom stereocenters. The van der Waals surface area contributed by atoms with E-state index in [4.69, 9.17) is 20.8 Å². The smallest absolute Gasteiger partial charge is 0.374 e. The van der Waals surface area contributed by atoms with Gasteiger partial charge in [0.1, 0.15) is 18.0 Å². The molecule has 1 amide bonds. The van der Waals surface area contributed by atoms with Gasteiger partial charge in [0.2, 0.25) is 5.76 Å². The van der Waals surface area contributed by atoms with Crippen molar-refractivity contribution in [2.24, 2.45) is 0 Å². The molecule has 1 aromatic carbocycles. The van der Waals surface area contributed by atoms with Crippen LogP contribution in [0.5, 0.6) is 0 Å². The van der Waals surface area contributed by atoms with Crippen molar-refractivity contribution >= 4 is 50.9 Å². The summed E-state index contributed by atoms with van der Waals surface area (Å²) in [6.45, 7) is -0.520. The zero-order valence-electron chi connectivity index (χ0n) is 14.1. The molecule has 9 heteroatoms. The topological polar surface area (TPSA) is 94.8 Å². The Balaban J connectivity index is 1.56. The minimum atomic E-state index is -0.669. The Morgan fingerprint density at radius 3 is 2.74 bits per heavy atom. The maximum atomic E-state index is 12.3. The van der Waals surface area contributed by atoms with E-state index >= 15 is 0 Å². The molecule has 2 aromatic heterocycles. The van der Waals surface area contributed by atoms with E-state index < -0.39 is 17.8 Å². The van der Waals surface area contributed by atoms with Crippen LogP contribution in [0.3, 0.4) is 0 Å². The quantitative estimate of drug-likeness (QED) is 0.629. The first kappa shape index (κ1) is 18.9. The highest BCUT2D eigenvalue weighted by Crippen LogP contribution is 2.34. The lowest BCUT2D eigenvalue weighted by Gasteiger charge is -2.06. The van der Waals surface area contributed by atoms with Crippen LogP contribution >= 0.6 is 22.9 Å². The largest absolute Gasteiger partial charge is 0.463 e. The van der Waals surface area contributed by atoms with Gasteiger partial charge in [-0.1, -0.05) is 29.8 Å². The molecular weight excluding hydrogens is 394 g/mol. The van der Waals surface area contributed by atoms with Crippen molar-refractivity contribution in [2.45, 2.75) is 6.61 Å². The lowest BCUT2D eigenvalue weighted by Crippen LogP contribution is -2.30. The molecular formula is C18H14ClNO6S. The minimum absolute atomic E-state index is 0.0357. The summed E-state index contributed by atoms with van der Waals surface area (Å²) in [5, 5.41) is 3.61. The number of halogens is 1. The van der Waals surface area contributed by atoms with Crippen molar-refractivity contribution in [3.05, 3.63) is 57.8 Å². The number of methoxy groups -OCH3 is 1. The molecule has 1 N–H and O–H groups in total. The number of thiophene rings is 1. The van der Waals surface area contributed by atoms with Gasteiger partial charge in [0.05, 0.1) is 18.4 Å². The predicted octanol–water partition coefficient (Wildman–Crippen LogP) is 3.41. The second-order valence-corrected chi connectivity index (χ2v) is 6.78. The molecule has 140 valence electrons. The fraction of sp³-hybridized carbons (Fsp3) is 0.167. The van der Waals surface area contributed by atoms with Crippen LogP contribution in [0.25, 0.3) is 10.1 Å². The van der Waals surface area contributed by atoms with Crippen LogP contribution in [-0.4, -0.2) is 31.5 Å². The van der Waals surface area contributed by atoms with Crippen LogP contribution < -0.4 is 5.32 Å². The lowest BCUT2D eigenvalue weighted by molar-refractivity contribution is -0.143. The molecule has 0 saturated heterocycles. The fourth-order valence-corrected chi connectivity index (χ4v) is 3.76. The summed E-state index contributed by atoms with van der Waals surface area (Å²) in [5.74, 6) is -1.83. The van der Waals surface area contributed by atoms with Gasteiger partial charge in [-0.2, -0.15) is 0 Å². The number of carbonyl (C=O) groups is 3. The Bertz CT molecular complexity index is 1010.